The van der Waals surface area contributed by atoms with Crippen molar-refractivity contribution < 1.29 is 4.52 Å². The summed E-state index contributed by atoms with van der Waals surface area (Å²) in [6, 6.07) is 24.9. The van der Waals surface area contributed by atoms with Gasteiger partial charge in [-0.25, -0.2) is 4.98 Å². The summed E-state index contributed by atoms with van der Waals surface area (Å²) in [5.74, 6) is 2.13. The van der Waals surface area contributed by atoms with E-state index in [0.29, 0.717) is 18.3 Å². The topological polar surface area (TPSA) is 61.5 Å². The Bertz CT molecular complexity index is 1140. The van der Waals surface area contributed by atoms with Gasteiger partial charge in [0.2, 0.25) is 11.7 Å². The van der Waals surface area contributed by atoms with E-state index >= 15 is 0 Å². The quantitative estimate of drug-likeness (QED) is 0.429. The van der Waals surface area contributed by atoms with Gasteiger partial charge in [0.25, 0.3) is 0 Å². The molecule has 0 atom stereocenters. The molecule has 0 N–H and O–H groups in total. The molecule has 0 aliphatic carbocycles. The van der Waals surface area contributed by atoms with Crippen molar-refractivity contribution in [1.82, 2.24) is 20.0 Å². The zero-order chi connectivity index (χ0) is 22.5. The molecular weight excluding hydrogens is 412 g/mol. The Hall–Kier alpha value is -3.71. The molecule has 0 saturated carbocycles. The van der Waals surface area contributed by atoms with Crippen LogP contribution in [-0.4, -0.2) is 53.3 Å². The average Bonchev–Trinajstić information content (AvgIpc) is 3.34. The van der Waals surface area contributed by atoms with Crippen LogP contribution in [-0.2, 0) is 13.1 Å². The molecule has 0 unspecified atom stereocenters. The number of piperazine rings is 1. The molecule has 1 fully saturated rings. The summed E-state index contributed by atoms with van der Waals surface area (Å²) in [7, 11) is 2.04. The Morgan fingerprint density at radius 1 is 0.879 bits per heavy atom. The van der Waals surface area contributed by atoms with Gasteiger partial charge in [-0.2, -0.15) is 4.98 Å². The monoisotopic (exact) mass is 440 g/mol. The second-order valence-corrected chi connectivity index (χ2v) is 8.36. The largest absolute Gasteiger partial charge is 0.369 e. The van der Waals surface area contributed by atoms with Gasteiger partial charge in [0.1, 0.15) is 5.82 Å². The van der Waals surface area contributed by atoms with E-state index in [9.17, 15) is 0 Å². The lowest BCUT2D eigenvalue weighted by Gasteiger charge is -2.35. The molecule has 1 aliphatic heterocycles. The van der Waals surface area contributed by atoms with Crippen molar-refractivity contribution in [2.45, 2.75) is 13.1 Å². The average molecular weight is 441 g/mol. The molecule has 3 heterocycles. The molecule has 0 bridgehead atoms. The highest BCUT2D eigenvalue weighted by molar-refractivity contribution is 5.55. The van der Waals surface area contributed by atoms with E-state index in [-0.39, 0.29) is 0 Å². The fourth-order valence-corrected chi connectivity index (χ4v) is 4.11. The first kappa shape index (κ1) is 21.2. The first-order valence-electron chi connectivity index (χ1n) is 11.3. The van der Waals surface area contributed by atoms with Crippen LogP contribution >= 0.6 is 0 Å². The number of hydrogen-bond donors (Lipinski definition) is 0. The van der Waals surface area contributed by atoms with E-state index in [4.69, 9.17) is 4.52 Å². The van der Waals surface area contributed by atoms with Gasteiger partial charge in [-0.05, 0) is 29.8 Å². The van der Waals surface area contributed by atoms with Crippen molar-refractivity contribution in [3.63, 3.8) is 0 Å². The third-order valence-electron chi connectivity index (χ3n) is 5.98. The summed E-state index contributed by atoms with van der Waals surface area (Å²) in [5.41, 5.74) is 3.39. The fraction of sp³-hybridized carbons (Fsp3) is 0.269. The summed E-state index contributed by atoms with van der Waals surface area (Å²) >= 11 is 0. The minimum absolute atomic E-state index is 0.581. The number of pyridine rings is 1. The fourth-order valence-electron chi connectivity index (χ4n) is 4.11. The summed E-state index contributed by atoms with van der Waals surface area (Å²) in [6.45, 7) is 5.39. The maximum Gasteiger partial charge on any atom is 0.241 e. The minimum Gasteiger partial charge on any atom is -0.369 e. The lowest BCUT2D eigenvalue weighted by Crippen LogP contribution is -2.46. The van der Waals surface area contributed by atoms with Crippen molar-refractivity contribution >= 4 is 11.5 Å². The SMILES string of the molecule is CN(Cc1ccccc1)c1ccc(-c2noc(CN3CCN(c4ccccc4)CC3)n2)cn1. The van der Waals surface area contributed by atoms with E-state index < -0.39 is 0 Å². The van der Waals surface area contributed by atoms with Crippen molar-refractivity contribution in [2.24, 2.45) is 0 Å². The van der Waals surface area contributed by atoms with Crippen LogP contribution < -0.4 is 9.80 Å². The van der Waals surface area contributed by atoms with Crippen molar-refractivity contribution in [1.29, 1.82) is 0 Å². The molecule has 168 valence electrons. The highest BCUT2D eigenvalue weighted by atomic mass is 16.5. The molecule has 2 aromatic carbocycles. The summed E-state index contributed by atoms with van der Waals surface area (Å²) < 4.78 is 5.54. The molecule has 7 nitrogen and oxygen atoms in total. The minimum atomic E-state index is 0.581. The lowest BCUT2D eigenvalue weighted by atomic mass is 10.2. The number of nitrogens with zero attached hydrogens (tertiary/aromatic N) is 6. The predicted molar refractivity (Wildman–Crippen MR) is 130 cm³/mol. The smallest absolute Gasteiger partial charge is 0.241 e. The third-order valence-corrected chi connectivity index (χ3v) is 5.98. The zero-order valence-electron chi connectivity index (χ0n) is 18.8. The van der Waals surface area contributed by atoms with Gasteiger partial charge in [0.15, 0.2) is 0 Å². The normalized spacial score (nSPS) is 14.4. The first-order valence-corrected chi connectivity index (χ1v) is 11.3. The second-order valence-electron chi connectivity index (χ2n) is 8.36. The van der Waals surface area contributed by atoms with Crippen LogP contribution in [0.25, 0.3) is 11.4 Å². The van der Waals surface area contributed by atoms with Gasteiger partial charge in [-0.1, -0.05) is 53.7 Å². The van der Waals surface area contributed by atoms with Crippen molar-refractivity contribution in [3.8, 4) is 11.4 Å². The van der Waals surface area contributed by atoms with Crippen LogP contribution in [0.5, 0.6) is 0 Å². The molecule has 1 aliphatic rings. The van der Waals surface area contributed by atoms with Crippen LogP contribution in [0.1, 0.15) is 11.5 Å². The number of hydrogen-bond acceptors (Lipinski definition) is 7. The molecule has 0 amide bonds. The van der Waals surface area contributed by atoms with E-state index in [1.807, 2.05) is 31.4 Å². The summed E-state index contributed by atoms with van der Waals surface area (Å²) in [6.07, 6.45) is 1.81. The van der Waals surface area contributed by atoms with Crippen LogP contribution in [0.3, 0.4) is 0 Å². The Morgan fingerprint density at radius 3 is 2.30 bits per heavy atom. The highest BCUT2D eigenvalue weighted by Gasteiger charge is 2.20. The van der Waals surface area contributed by atoms with Crippen LogP contribution in [0.4, 0.5) is 11.5 Å². The first-order chi connectivity index (χ1) is 16.2. The molecule has 0 radical (unpaired) electrons. The number of para-hydroxylation sites is 1. The van der Waals surface area contributed by atoms with Gasteiger partial charge in [0.05, 0.1) is 6.54 Å². The van der Waals surface area contributed by atoms with Crippen LogP contribution in [0.2, 0.25) is 0 Å². The van der Waals surface area contributed by atoms with Gasteiger partial charge in [-0.15, -0.1) is 0 Å². The second kappa shape index (κ2) is 9.83. The zero-order valence-corrected chi connectivity index (χ0v) is 18.8. The van der Waals surface area contributed by atoms with Gasteiger partial charge in [-0.3, -0.25) is 4.90 Å². The van der Waals surface area contributed by atoms with E-state index in [0.717, 1.165) is 44.1 Å². The third kappa shape index (κ3) is 5.21. The Kier molecular flexibility index (Phi) is 6.30. The van der Waals surface area contributed by atoms with E-state index in [1.54, 1.807) is 0 Å². The number of aromatic nitrogens is 3. The van der Waals surface area contributed by atoms with Crippen LogP contribution in [0, 0.1) is 0 Å². The molecule has 2 aromatic heterocycles. The molecule has 7 heteroatoms. The van der Waals surface area contributed by atoms with E-state index in [2.05, 4.69) is 84.4 Å². The number of anilines is 2. The maximum absolute atomic E-state index is 5.54. The molecule has 4 aromatic rings. The van der Waals surface area contributed by atoms with Gasteiger partial charge < -0.3 is 14.3 Å². The van der Waals surface area contributed by atoms with Gasteiger partial charge in [0, 0.05) is 57.2 Å². The summed E-state index contributed by atoms with van der Waals surface area (Å²) in [5, 5.41) is 4.18. The van der Waals surface area contributed by atoms with Crippen LogP contribution in [0.15, 0.2) is 83.5 Å². The number of benzene rings is 2. The standard InChI is InChI=1S/C26H28N6O/c1-30(19-21-8-4-2-5-9-21)24-13-12-22(18-27-24)26-28-25(33-29-26)20-31-14-16-32(17-15-31)23-10-6-3-7-11-23/h2-13,18H,14-17,19-20H2,1H3. The Labute approximate surface area is 194 Å². The maximum atomic E-state index is 5.54. The lowest BCUT2D eigenvalue weighted by molar-refractivity contribution is 0.215. The molecule has 33 heavy (non-hydrogen) atoms. The molecule has 1 saturated heterocycles. The molecular formula is C26H28N6O. The molecule has 0 spiro atoms. The predicted octanol–water partition coefficient (Wildman–Crippen LogP) is 4.09. The van der Waals surface area contributed by atoms with Crippen molar-refractivity contribution in [3.05, 3.63) is 90.4 Å². The Balaban J connectivity index is 1.16. The Morgan fingerprint density at radius 2 is 1.61 bits per heavy atom. The number of rotatable bonds is 7. The van der Waals surface area contributed by atoms with E-state index in [1.165, 1.54) is 11.3 Å². The summed E-state index contributed by atoms with van der Waals surface area (Å²) in [4.78, 5) is 16.1. The molecule has 5 rings (SSSR count). The van der Waals surface area contributed by atoms with Crippen molar-refractivity contribution in [2.75, 3.05) is 43.0 Å². The highest BCUT2D eigenvalue weighted by Crippen LogP contribution is 2.20. The van der Waals surface area contributed by atoms with Gasteiger partial charge >= 0.3 is 0 Å².